The molecule has 4 nitrogen and oxygen atoms in total. The lowest BCUT2D eigenvalue weighted by molar-refractivity contribution is -0.132. The predicted octanol–water partition coefficient (Wildman–Crippen LogP) is 1.98. The van der Waals surface area contributed by atoms with E-state index in [4.69, 9.17) is 5.26 Å². The van der Waals surface area contributed by atoms with Crippen LogP contribution in [0.4, 0.5) is 0 Å². The first-order chi connectivity index (χ1) is 9.79. The highest BCUT2D eigenvalue weighted by atomic mass is 35.5. The summed E-state index contributed by atoms with van der Waals surface area (Å²) in [5.74, 6) is 0.0278. The van der Waals surface area contributed by atoms with Gasteiger partial charge in [0, 0.05) is 13.1 Å². The molecule has 1 N–H and O–H groups in total. The Hall–Kier alpha value is -1.83. The van der Waals surface area contributed by atoms with Gasteiger partial charge in [0.15, 0.2) is 0 Å². The van der Waals surface area contributed by atoms with Crippen molar-refractivity contribution in [3.63, 3.8) is 0 Å². The zero-order chi connectivity index (χ0) is 13.9. The fourth-order valence-corrected chi connectivity index (χ4v) is 2.89. The quantitative estimate of drug-likeness (QED) is 0.909. The molecule has 0 bridgehead atoms. The highest BCUT2D eigenvalue weighted by Gasteiger charge is 2.33. The Morgan fingerprint density at radius 3 is 2.81 bits per heavy atom. The summed E-state index contributed by atoms with van der Waals surface area (Å²) in [5, 5.41) is 12.3. The Morgan fingerprint density at radius 1 is 1.33 bits per heavy atom. The molecule has 1 fully saturated rings. The summed E-state index contributed by atoms with van der Waals surface area (Å²) in [6, 6.07) is 11.8. The zero-order valence-corrected chi connectivity index (χ0v) is 12.5. The summed E-state index contributed by atoms with van der Waals surface area (Å²) < 4.78 is 0. The van der Waals surface area contributed by atoms with E-state index >= 15 is 0 Å². The third kappa shape index (κ3) is 3.10. The minimum atomic E-state index is -0.292. The first kappa shape index (κ1) is 15.6. The number of hydrogen-bond donors (Lipinski definition) is 1. The largest absolute Gasteiger partial charge is 0.325 e. The smallest absolute Gasteiger partial charge is 0.244 e. The van der Waals surface area contributed by atoms with Crippen LogP contribution in [0.3, 0.4) is 0 Å². The van der Waals surface area contributed by atoms with E-state index in [1.807, 2.05) is 36.4 Å². The van der Waals surface area contributed by atoms with Crippen LogP contribution in [-0.2, 0) is 4.79 Å². The number of nitrogens with one attached hydrogen (secondary N) is 1. The van der Waals surface area contributed by atoms with E-state index in [-0.39, 0.29) is 30.4 Å². The Labute approximate surface area is 130 Å². The molecule has 1 amide bonds. The van der Waals surface area contributed by atoms with Gasteiger partial charge in [0.05, 0.1) is 6.07 Å². The van der Waals surface area contributed by atoms with Crippen LogP contribution in [0.1, 0.15) is 18.4 Å². The van der Waals surface area contributed by atoms with Crippen LogP contribution in [0.15, 0.2) is 36.4 Å². The molecule has 2 heterocycles. The molecule has 3 rings (SSSR count). The number of amides is 1. The molecule has 0 saturated carbocycles. The van der Waals surface area contributed by atoms with E-state index < -0.39 is 0 Å². The van der Waals surface area contributed by atoms with E-state index in [0.29, 0.717) is 13.1 Å². The van der Waals surface area contributed by atoms with Crippen molar-refractivity contribution in [2.75, 3.05) is 13.1 Å². The van der Waals surface area contributed by atoms with Crippen molar-refractivity contribution in [1.82, 2.24) is 10.2 Å². The van der Waals surface area contributed by atoms with Crippen LogP contribution in [-0.4, -0.2) is 36.0 Å². The van der Waals surface area contributed by atoms with Crippen LogP contribution >= 0.6 is 12.4 Å². The molecule has 1 aromatic carbocycles. The fourth-order valence-electron chi connectivity index (χ4n) is 2.89. The van der Waals surface area contributed by atoms with Crippen molar-refractivity contribution in [3.05, 3.63) is 42.0 Å². The summed E-state index contributed by atoms with van der Waals surface area (Å²) in [4.78, 5) is 14.2. The van der Waals surface area contributed by atoms with E-state index in [2.05, 4.69) is 11.4 Å². The lowest BCUT2D eigenvalue weighted by atomic mass is 10.1. The molecule has 1 unspecified atom stereocenters. The van der Waals surface area contributed by atoms with Gasteiger partial charge in [0.2, 0.25) is 5.91 Å². The van der Waals surface area contributed by atoms with E-state index in [1.54, 1.807) is 4.90 Å². The molecular formula is C16H18ClN3O. The third-order valence-corrected chi connectivity index (χ3v) is 3.98. The number of carbonyl (C=O) groups is 1. The fraction of sp³-hybridized carbons (Fsp3) is 0.375. The zero-order valence-electron chi connectivity index (χ0n) is 11.7. The van der Waals surface area contributed by atoms with Crippen LogP contribution in [0.5, 0.6) is 0 Å². The van der Waals surface area contributed by atoms with Crippen LogP contribution in [0, 0.1) is 11.3 Å². The van der Waals surface area contributed by atoms with Gasteiger partial charge in [-0.1, -0.05) is 36.4 Å². The Morgan fingerprint density at radius 2 is 2.10 bits per heavy atom. The van der Waals surface area contributed by atoms with Gasteiger partial charge in [0.25, 0.3) is 0 Å². The van der Waals surface area contributed by atoms with Crippen molar-refractivity contribution < 1.29 is 4.79 Å². The highest BCUT2D eigenvalue weighted by Crippen LogP contribution is 2.22. The van der Waals surface area contributed by atoms with Gasteiger partial charge in [0.1, 0.15) is 12.1 Å². The summed E-state index contributed by atoms with van der Waals surface area (Å²) in [6.45, 7) is 1.40. The molecule has 0 spiro atoms. The van der Waals surface area contributed by atoms with E-state index in [9.17, 15) is 4.79 Å². The van der Waals surface area contributed by atoms with Crippen LogP contribution in [0.2, 0.25) is 0 Å². The average molecular weight is 304 g/mol. The molecule has 0 radical (unpaired) electrons. The third-order valence-electron chi connectivity index (χ3n) is 3.98. The van der Waals surface area contributed by atoms with Crippen LogP contribution in [0.25, 0.3) is 5.57 Å². The summed E-state index contributed by atoms with van der Waals surface area (Å²) >= 11 is 0. The van der Waals surface area contributed by atoms with Crippen molar-refractivity contribution in [3.8, 4) is 6.07 Å². The highest BCUT2D eigenvalue weighted by molar-refractivity contribution is 5.89. The van der Waals surface area contributed by atoms with E-state index in [0.717, 1.165) is 24.0 Å². The monoisotopic (exact) mass is 303 g/mol. The Bertz CT molecular complexity index is 579. The second-order valence-electron chi connectivity index (χ2n) is 5.24. The number of nitriles is 1. The van der Waals surface area contributed by atoms with Gasteiger partial charge in [-0.15, -0.1) is 12.4 Å². The molecule has 21 heavy (non-hydrogen) atoms. The van der Waals surface area contributed by atoms with E-state index in [1.165, 1.54) is 0 Å². The van der Waals surface area contributed by atoms with Gasteiger partial charge in [-0.05, 0) is 24.0 Å². The first-order valence-corrected chi connectivity index (χ1v) is 6.99. The molecule has 0 aliphatic carbocycles. The van der Waals surface area contributed by atoms with Gasteiger partial charge in [-0.3, -0.25) is 10.1 Å². The lowest BCUT2D eigenvalue weighted by Crippen LogP contribution is -2.45. The standard InChI is InChI=1S/C16H17N3O.ClH/c17-10-14-7-4-8-19(14)16(20)15-9-13(11-18-15)12-5-2-1-3-6-12;/h1-3,5-6,9,14-15,18H,4,7-8,11H2;1H/t14-,15?;/m0./s1. The number of benzene rings is 1. The maximum Gasteiger partial charge on any atom is 0.244 e. The number of halogens is 1. The van der Waals surface area contributed by atoms with Gasteiger partial charge in [-0.2, -0.15) is 5.26 Å². The van der Waals surface area contributed by atoms with Gasteiger partial charge >= 0.3 is 0 Å². The van der Waals surface area contributed by atoms with Crippen molar-refractivity contribution >= 4 is 23.9 Å². The van der Waals surface area contributed by atoms with Gasteiger partial charge < -0.3 is 4.90 Å². The number of hydrogen-bond acceptors (Lipinski definition) is 3. The van der Waals surface area contributed by atoms with Crippen LogP contribution < -0.4 is 5.32 Å². The summed E-state index contributed by atoms with van der Waals surface area (Å²) in [6.07, 6.45) is 3.71. The Balaban J connectivity index is 0.00000161. The molecule has 2 aliphatic heterocycles. The lowest BCUT2D eigenvalue weighted by Gasteiger charge is -2.22. The molecular weight excluding hydrogens is 286 g/mol. The number of nitrogens with zero attached hydrogens (tertiary/aromatic N) is 2. The summed E-state index contributed by atoms with van der Waals surface area (Å²) in [7, 11) is 0. The first-order valence-electron chi connectivity index (χ1n) is 6.99. The molecule has 5 heteroatoms. The molecule has 2 aliphatic rings. The Kier molecular flexibility index (Phi) is 5.00. The topological polar surface area (TPSA) is 56.1 Å². The van der Waals surface area contributed by atoms with Gasteiger partial charge in [-0.25, -0.2) is 0 Å². The SMILES string of the molecule is Cl.N#C[C@@H]1CCCN1C(=O)C1C=C(c2ccccc2)CN1. The summed E-state index contributed by atoms with van der Waals surface area (Å²) in [5.41, 5.74) is 2.30. The molecule has 1 aromatic rings. The minimum Gasteiger partial charge on any atom is -0.325 e. The maximum atomic E-state index is 12.5. The van der Waals surface area contributed by atoms with Crippen molar-refractivity contribution in [1.29, 1.82) is 5.26 Å². The molecule has 1 saturated heterocycles. The number of rotatable bonds is 2. The second-order valence-corrected chi connectivity index (χ2v) is 5.24. The normalized spacial score (nSPS) is 24.1. The molecule has 110 valence electrons. The predicted molar refractivity (Wildman–Crippen MR) is 83.8 cm³/mol. The minimum absolute atomic E-state index is 0. The molecule has 0 aromatic heterocycles. The average Bonchev–Trinajstić information content (AvgIpc) is 3.16. The maximum absolute atomic E-state index is 12.5. The number of carbonyl (C=O) groups excluding carboxylic acids is 1. The second kappa shape index (κ2) is 6.75. The molecule has 2 atom stereocenters. The number of likely N-dealkylation sites (tertiary alicyclic amines) is 1. The van der Waals surface area contributed by atoms with Crippen molar-refractivity contribution in [2.24, 2.45) is 0 Å². The van der Waals surface area contributed by atoms with Crippen molar-refractivity contribution in [2.45, 2.75) is 24.9 Å².